The lowest BCUT2D eigenvalue weighted by Gasteiger charge is -2.39. The van der Waals surface area contributed by atoms with E-state index in [9.17, 15) is 0 Å². The summed E-state index contributed by atoms with van der Waals surface area (Å²) in [6.45, 7) is 14.7. The number of hydrogen-bond acceptors (Lipinski definition) is 0. The minimum absolute atomic E-state index is 0.460. The van der Waals surface area contributed by atoms with Gasteiger partial charge in [0, 0.05) is 11.1 Å². The van der Waals surface area contributed by atoms with Gasteiger partial charge in [-0.2, -0.15) is 0 Å². The summed E-state index contributed by atoms with van der Waals surface area (Å²) in [7, 11) is -2.00. The van der Waals surface area contributed by atoms with E-state index in [-0.39, 0.29) is 0 Å². The number of rotatable bonds is 4. The van der Waals surface area contributed by atoms with Gasteiger partial charge in [0.05, 0.1) is 8.07 Å². The molecule has 8 rings (SSSR count). The second kappa shape index (κ2) is 10.3. The highest BCUT2D eigenvalue weighted by Crippen LogP contribution is 2.55. The molecule has 0 saturated heterocycles. The lowest BCUT2D eigenvalue weighted by molar-refractivity contribution is 0.966. The van der Waals surface area contributed by atoms with Crippen molar-refractivity contribution in [3.05, 3.63) is 154 Å². The maximum Gasteiger partial charge on any atom is 0.0722 e. The number of allylic oxidation sites excluding steroid dienone is 2. The molecule has 45 heavy (non-hydrogen) atoms. The Morgan fingerprint density at radius 3 is 1.29 bits per heavy atom. The van der Waals surface area contributed by atoms with E-state index in [2.05, 4.69) is 162 Å². The first-order valence-electron chi connectivity index (χ1n) is 16.3. The van der Waals surface area contributed by atoms with Crippen LogP contribution >= 0.6 is 0 Å². The third-order valence-electron chi connectivity index (χ3n) is 10.6. The molecule has 0 fully saturated rings. The highest BCUT2D eigenvalue weighted by atomic mass is 28.3. The summed E-state index contributed by atoms with van der Waals surface area (Å²) in [5, 5.41) is 5.27. The highest BCUT2D eigenvalue weighted by Gasteiger charge is 2.47. The van der Waals surface area contributed by atoms with Crippen molar-refractivity contribution in [3.63, 3.8) is 0 Å². The predicted molar refractivity (Wildman–Crippen MR) is 199 cm³/mol. The van der Waals surface area contributed by atoms with Crippen LogP contribution in [0.15, 0.2) is 120 Å². The molecular weight excluding hydrogens is 557 g/mol. The number of aryl methyl sites for hydroxylation is 2. The number of hydrogen-bond donors (Lipinski definition) is 0. The van der Waals surface area contributed by atoms with Crippen molar-refractivity contribution in [1.82, 2.24) is 0 Å². The Balaban J connectivity index is 1.28. The van der Waals surface area contributed by atoms with Gasteiger partial charge >= 0.3 is 0 Å². The summed E-state index contributed by atoms with van der Waals surface area (Å²) in [6.07, 6.45) is 5.05. The molecule has 2 unspecified atom stereocenters. The van der Waals surface area contributed by atoms with Gasteiger partial charge < -0.3 is 0 Å². The average molecular weight is 597 g/mol. The molecule has 0 bridgehead atoms. The molecule has 0 nitrogen and oxygen atoms in total. The highest BCUT2D eigenvalue weighted by molar-refractivity contribution is 6.81. The van der Waals surface area contributed by atoms with Crippen LogP contribution in [-0.4, -0.2) is 8.07 Å². The van der Waals surface area contributed by atoms with E-state index in [0.29, 0.717) is 11.1 Å². The zero-order chi connectivity index (χ0) is 31.0. The molecule has 220 valence electrons. The first kappa shape index (κ1) is 28.0. The molecule has 0 radical (unpaired) electrons. The topological polar surface area (TPSA) is 0 Å². The normalized spacial score (nSPS) is 17.4. The van der Waals surface area contributed by atoms with Crippen molar-refractivity contribution in [2.24, 2.45) is 0 Å². The smallest absolute Gasteiger partial charge is 0.0679 e. The molecule has 0 heterocycles. The largest absolute Gasteiger partial charge is 0.0722 e. The molecule has 0 spiro atoms. The van der Waals surface area contributed by atoms with Crippen molar-refractivity contribution in [2.45, 2.75) is 51.9 Å². The van der Waals surface area contributed by atoms with Crippen LogP contribution in [0.5, 0.6) is 0 Å². The van der Waals surface area contributed by atoms with Crippen LogP contribution in [0.3, 0.4) is 0 Å². The van der Waals surface area contributed by atoms with Crippen LogP contribution < -0.4 is 0 Å². The van der Waals surface area contributed by atoms with Gasteiger partial charge in [-0.1, -0.05) is 157 Å². The summed E-state index contributed by atoms with van der Waals surface area (Å²) in [5.41, 5.74) is 18.0. The van der Waals surface area contributed by atoms with E-state index >= 15 is 0 Å². The molecule has 1 heteroatoms. The van der Waals surface area contributed by atoms with Gasteiger partial charge in [-0.15, -0.1) is 0 Å². The Kier molecular flexibility index (Phi) is 6.41. The monoisotopic (exact) mass is 596 g/mol. The summed E-state index contributed by atoms with van der Waals surface area (Å²) >= 11 is 0. The minimum Gasteiger partial charge on any atom is -0.0679 e. The Morgan fingerprint density at radius 2 is 0.844 bits per heavy atom. The summed E-state index contributed by atoms with van der Waals surface area (Å²) in [6, 6.07) is 41.0. The fourth-order valence-electron chi connectivity index (χ4n) is 9.07. The van der Waals surface area contributed by atoms with Crippen LogP contribution in [0.4, 0.5) is 0 Å². The standard InChI is InChI=1S/C44H40Si/c1-27-21-37(35-19-11-15-31-13-7-9-17-33(31)35)39-25-29(3)43(41(39)23-27)45(5,6)44-30(4)26-40-38(22-28(2)24-42(40)44)36-20-12-16-32-14-8-10-18-34(32)36/h7-26,43-44H,1-6H3. The van der Waals surface area contributed by atoms with Gasteiger partial charge in [-0.3, -0.25) is 0 Å². The van der Waals surface area contributed by atoms with E-state index in [1.54, 1.807) is 0 Å². The fourth-order valence-corrected chi connectivity index (χ4v) is 14.0. The van der Waals surface area contributed by atoms with Crippen molar-refractivity contribution in [2.75, 3.05) is 0 Å². The third-order valence-corrected chi connectivity index (χ3v) is 15.1. The second-order valence-corrected chi connectivity index (χ2v) is 18.9. The third kappa shape index (κ3) is 4.32. The van der Waals surface area contributed by atoms with E-state index in [4.69, 9.17) is 0 Å². The summed E-state index contributed by atoms with van der Waals surface area (Å²) < 4.78 is 0. The van der Waals surface area contributed by atoms with Gasteiger partial charge in [0.2, 0.25) is 0 Å². The van der Waals surface area contributed by atoms with E-state index in [1.807, 2.05) is 0 Å². The van der Waals surface area contributed by atoms with E-state index < -0.39 is 8.07 Å². The number of benzene rings is 6. The molecule has 0 amide bonds. The first-order valence-corrected chi connectivity index (χ1v) is 19.5. The van der Waals surface area contributed by atoms with Crippen LogP contribution in [0.25, 0.3) is 56.0 Å². The van der Waals surface area contributed by atoms with Gasteiger partial charge in [0.25, 0.3) is 0 Å². The van der Waals surface area contributed by atoms with Crippen molar-refractivity contribution >= 4 is 41.8 Å². The first-order chi connectivity index (χ1) is 21.7. The maximum absolute atomic E-state index is 2.65. The Hall–Kier alpha value is -4.46. The van der Waals surface area contributed by atoms with Gasteiger partial charge in [0.1, 0.15) is 0 Å². The lowest BCUT2D eigenvalue weighted by atomic mass is 9.91. The van der Waals surface area contributed by atoms with E-state index in [0.717, 1.165) is 0 Å². The zero-order valence-corrected chi connectivity index (χ0v) is 28.2. The lowest BCUT2D eigenvalue weighted by Crippen LogP contribution is -2.42. The minimum atomic E-state index is -2.00. The second-order valence-electron chi connectivity index (χ2n) is 14.1. The summed E-state index contributed by atoms with van der Waals surface area (Å²) in [4.78, 5) is 0. The molecule has 2 aliphatic rings. The molecule has 6 aromatic rings. The molecule has 0 aliphatic heterocycles. The van der Waals surface area contributed by atoms with Crippen molar-refractivity contribution in [1.29, 1.82) is 0 Å². The van der Waals surface area contributed by atoms with Crippen molar-refractivity contribution < 1.29 is 0 Å². The molecule has 0 aromatic heterocycles. The zero-order valence-electron chi connectivity index (χ0n) is 27.2. The van der Waals surface area contributed by atoms with E-state index in [1.165, 1.54) is 88.3 Å². The summed E-state index contributed by atoms with van der Waals surface area (Å²) in [5.74, 6) is 0. The molecule has 2 atom stereocenters. The van der Waals surface area contributed by atoms with Crippen LogP contribution in [0.2, 0.25) is 13.1 Å². The average Bonchev–Trinajstić information content (AvgIpc) is 3.55. The predicted octanol–water partition coefficient (Wildman–Crippen LogP) is 12.4. The SMILES string of the molecule is CC1=Cc2c(-c3cccc4ccccc34)cc(C)cc2C1[Si](C)(C)C1C(C)=Cc2c(-c3cccc4ccccc34)cc(C)cc21. The van der Waals surface area contributed by atoms with Crippen LogP contribution in [0, 0.1) is 13.8 Å². The maximum atomic E-state index is 2.65. The molecule has 6 aromatic carbocycles. The van der Waals surface area contributed by atoms with Gasteiger partial charge in [-0.25, -0.2) is 0 Å². The quantitative estimate of drug-likeness (QED) is 0.178. The molecule has 0 saturated carbocycles. The Labute approximate surface area is 268 Å². The fraction of sp³-hybridized carbons (Fsp3) is 0.182. The van der Waals surface area contributed by atoms with Crippen LogP contribution in [-0.2, 0) is 0 Å². The Bertz CT molecular complexity index is 2070. The van der Waals surface area contributed by atoms with Gasteiger partial charge in [0.15, 0.2) is 0 Å². The number of fused-ring (bicyclic) bond motifs is 4. The van der Waals surface area contributed by atoms with Crippen molar-refractivity contribution in [3.8, 4) is 22.3 Å². The van der Waals surface area contributed by atoms with Crippen LogP contribution in [0.1, 0.15) is 58.3 Å². The molecular formula is C44H40Si. The van der Waals surface area contributed by atoms with Gasteiger partial charge in [-0.05, 0) is 93.7 Å². The molecule has 0 N–H and O–H groups in total. The molecule has 2 aliphatic carbocycles. The Morgan fingerprint density at radius 1 is 0.444 bits per heavy atom.